The number of ether oxygens (including phenoxy) is 2. The molecule has 0 unspecified atom stereocenters. The molecule has 1 heterocycles. The second kappa shape index (κ2) is 5.55. The van der Waals surface area contributed by atoms with Gasteiger partial charge in [-0.1, -0.05) is 0 Å². The van der Waals surface area contributed by atoms with Crippen LogP contribution < -0.4 is 4.74 Å². The van der Waals surface area contributed by atoms with Crippen LogP contribution >= 0.6 is 0 Å². The number of carbonyl (C=O) groups is 2. The van der Waals surface area contributed by atoms with Gasteiger partial charge in [0.25, 0.3) is 11.6 Å². The maximum atomic E-state index is 11.7. The average molecular weight is 280 g/mol. The fourth-order valence-corrected chi connectivity index (χ4v) is 1.77. The Balaban J connectivity index is 1.97. The van der Waals surface area contributed by atoms with E-state index in [0.29, 0.717) is 11.3 Å². The van der Waals surface area contributed by atoms with Crippen LogP contribution in [0.5, 0.6) is 5.75 Å². The van der Waals surface area contributed by atoms with E-state index >= 15 is 0 Å². The van der Waals surface area contributed by atoms with Crippen molar-refractivity contribution in [3.8, 4) is 5.75 Å². The van der Waals surface area contributed by atoms with E-state index in [4.69, 9.17) is 4.74 Å². The fraction of sp³-hybridized carbons (Fsp3) is 0.333. The monoisotopic (exact) mass is 280 g/mol. The number of hydrogen-bond donors (Lipinski definition) is 0. The van der Waals surface area contributed by atoms with Crippen molar-refractivity contribution in [3.63, 3.8) is 0 Å². The van der Waals surface area contributed by atoms with Gasteiger partial charge in [0.15, 0.2) is 6.61 Å². The van der Waals surface area contributed by atoms with E-state index in [0.717, 1.165) is 4.90 Å². The van der Waals surface area contributed by atoms with Crippen LogP contribution in [-0.4, -0.2) is 41.6 Å². The molecule has 0 aromatic heterocycles. The third-order valence-corrected chi connectivity index (χ3v) is 2.79. The van der Waals surface area contributed by atoms with Gasteiger partial charge in [-0.15, -0.1) is 0 Å². The Hall–Kier alpha value is -2.64. The van der Waals surface area contributed by atoms with Crippen LogP contribution in [0, 0.1) is 17.0 Å². The SMILES string of the molecule is Cc1cc(OCC(=O)N2CCOC2=O)ccc1[N+](=O)[O-]. The summed E-state index contributed by atoms with van der Waals surface area (Å²) >= 11 is 0. The number of nitro groups is 1. The maximum absolute atomic E-state index is 11.7. The van der Waals surface area contributed by atoms with Gasteiger partial charge in [-0.05, 0) is 19.1 Å². The minimum Gasteiger partial charge on any atom is -0.484 e. The van der Waals surface area contributed by atoms with Crippen LogP contribution in [0.1, 0.15) is 5.56 Å². The molecule has 1 aromatic rings. The van der Waals surface area contributed by atoms with Gasteiger partial charge in [0.1, 0.15) is 12.4 Å². The number of nitro benzene ring substituents is 1. The molecule has 0 bridgehead atoms. The summed E-state index contributed by atoms with van der Waals surface area (Å²) in [5.41, 5.74) is 0.410. The predicted octanol–water partition coefficient (Wildman–Crippen LogP) is 1.26. The minimum atomic E-state index is -0.682. The van der Waals surface area contributed by atoms with Crippen molar-refractivity contribution in [1.29, 1.82) is 0 Å². The summed E-state index contributed by atoms with van der Waals surface area (Å²) in [6, 6.07) is 4.17. The molecule has 0 N–H and O–H groups in total. The highest BCUT2D eigenvalue weighted by atomic mass is 16.6. The van der Waals surface area contributed by atoms with Crippen molar-refractivity contribution < 1.29 is 24.0 Å². The van der Waals surface area contributed by atoms with Gasteiger partial charge in [0, 0.05) is 11.6 Å². The topological polar surface area (TPSA) is 99.0 Å². The number of aryl methyl sites for hydroxylation is 1. The van der Waals surface area contributed by atoms with Gasteiger partial charge in [-0.3, -0.25) is 14.9 Å². The molecule has 0 atom stereocenters. The first-order valence-corrected chi connectivity index (χ1v) is 5.84. The highest BCUT2D eigenvalue weighted by molar-refractivity contribution is 5.93. The highest BCUT2D eigenvalue weighted by Gasteiger charge is 2.28. The minimum absolute atomic E-state index is 0.0215. The molecule has 8 nitrogen and oxygen atoms in total. The molecule has 2 amide bonds. The molecule has 106 valence electrons. The second-order valence-corrected chi connectivity index (χ2v) is 4.15. The molecule has 1 aromatic carbocycles. The van der Waals surface area contributed by atoms with Crippen molar-refractivity contribution in [3.05, 3.63) is 33.9 Å². The number of nitrogens with zero attached hydrogens (tertiary/aromatic N) is 2. The van der Waals surface area contributed by atoms with Crippen LogP contribution in [0.3, 0.4) is 0 Å². The number of hydrogen-bond acceptors (Lipinski definition) is 6. The number of benzene rings is 1. The Morgan fingerprint density at radius 1 is 1.55 bits per heavy atom. The summed E-state index contributed by atoms with van der Waals surface area (Å²) in [4.78, 5) is 34.0. The summed E-state index contributed by atoms with van der Waals surface area (Å²) in [7, 11) is 0. The summed E-state index contributed by atoms with van der Waals surface area (Å²) in [6.07, 6.45) is -0.682. The molecule has 0 saturated carbocycles. The summed E-state index contributed by atoms with van der Waals surface area (Å²) in [6.45, 7) is 1.64. The van der Waals surface area contributed by atoms with Crippen LogP contribution in [0.25, 0.3) is 0 Å². The van der Waals surface area contributed by atoms with Gasteiger partial charge in [0.05, 0.1) is 11.5 Å². The first kappa shape index (κ1) is 13.8. The first-order chi connectivity index (χ1) is 9.49. The third kappa shape index (κ3) is 2.85. The quantitative estimate of drug-likeness (QED) is 0.608. The van der Waals surface area contributed by atoms with E-state index in [1.165, 1.54) is 18.2 Å². The Morgan fingerprint density at radius 2 is 2.30 bits per heavy atom. The predicted molar refractivity (Wildman–Crippen MR) is 66.4 cm³/mol. The van der Waals surface area contributed by atoms with E-state index in [2.05, 4.69) is 4.74 Å². The molecule has 2 rings (SSSR count). The Bertz CT molecular complexity index is 571. The first-order valence-electron chi connectivity index (χ1n) is 5.84. The van der Waals surface area contributed by atoms with E-state index in [1.807, 2.05) is 0 Å². The lowest BCUT2D eigenvalue weighted by atomic mass is 10.2. The van der Waals surface area contributed by atoms with Crippen LogP contribution in [0.15, 0.2) is 18.2 Å². The Labute approximate surface area is 114 Å². The molecule has 8 heteroatoms. The van der Waals surface area contributed by atoms with Crippen molar-refractivity contribution in [1.82, 2.24) is 4.90 Å². The molecular weight excluding hydrogens is 268 g/mol. The molecule has 1 saturated heterocycles. The zero-order chi connectivity index (χ0) is 14.7. The highest BCUT2D eigenvalue weighted by Crippen LogP contribution is 2.23. The van der Waals surface area contributed by atoms with E-state index in [1.54, 1.807) is 6.92 Å². The lowest BCUT2D eigenvalue weighted by Crippen LogP contribution is -2.35. The third-order valence-electron chi connectivity index (χ3n) is 2.79. The number of carbonyl (C=O) groups excluding carboxylic acids is 2. The van der Waals surface area contributed by atoms with Crippen LogP contribution in [-0.2, 0) is 9.53 Å². The lowest BCUT2D eigenvalue weighted by molar-refractivity contribution is -0.385. The zero-order valence-corrected chi connectivity index (χ0v) is 10.7. The molecule has 1 aliphatic heterocycles. The maximum Gasteiger partial charge on any atom is 0.416 e. The van der Waals surface area contributed by atoms with E-state index in [-0.39, 0.29) is 25.4 Å². The molecule has 0 radical (unpaired) electrons. The average Bonchev–Trinajstić information content (AvgIpc) is 2.82. The van der Waals surface area contributed by atoms with Crippen LogP contribution in [0.4, 0.5) is 10.5 Å². The van der Waals surface area contributed by atoms with Crippen molar-refractivity contribution in [2.75, 3.05) is 19.8 Å². The van der Waals surface area contributed by atoms with Crippen molar-refractivity contribution in [2.45, 2.75) is 6.92 Å². The van der Waals surface area contributed by atoms with Gasteiger partial charge in [-0.2, -0.15) is 0 Å². The molecule has 0 aliphatic carbocycles. The van der Waals surface area contributed by atoms with Crippen molar-refractivity contribution >= 4 is 17.7 Å². The summed E-state index contributed by atoms with van der Waals surface area (Å²) in [5.74, 6) is -0.183. The van der Waals surface area contributed by atoms with Crippen LogP contribution in [0.2, 0.25) is 0 Å². The molecule has 0 spiro atoms. The smallest absolute Gasteiger partial charge is 0.416 e. The number of imide groups is 1. The van der Waals surface area contributed by atoms with Gasteiger partial charge < -0.3 is 9.47 Å². The van der Waals surface area contributed by atoms with Gasteiger partial charge in [-0.25, -0.2) is 9.69 Å². The van der Waals surface area contributed by atoms with Gasteiger partial charge >= 0.3 is 6.09 Å². The Morgan fingerprint density at radius 3 is 2.85 bits per heavy atom. The van der Waals surface area contributed by atoms with E-state index in [9.17, 15) is 19.7 Å². The zero-order valence-electron chi connectivity index (χ0n) is 10.7. The number of cyclic esters (lactones) is 1. The van der Waals surface area contributed by atoms with Crippen molar-refractivity contribution in [2.24, 2.45) is 0 Å². The lowest BCUT2D eigenvalue weighted by Gasteiger charge is -2.11. The largest absolute Gasteiger partial charge is 0.484 e. The molecular formula is C12H12N2O6. The normalized spacial score (nSPS) is 14.1. The molecule has 1 aliphatic rings. The summed E-state index contributed by atoms with van der Waals surface area (Å²) < 4.78 is 9.86. The molecule has 20 heavy (non-hydrogen) atoms. The Kier molecular flexibility index (Phi) is 3.83. The standard InChI is InChI=1S/C12H12N2O6/c1-8-6-9(2-3-10(8)14(17)18)20-7-11(15)13-4-5-19-12(13)16/h2-3,6H,4-5,7H2,1H3. The second-order valence-electron chi connectivity index (χ2n) is 4.15. The number of amides is 2. The summed E-state index contributed by atoms with van der Waals surface area (Å²) in [5, 5.41) is 10.7. The van der Waals surface area contributed by atoms with E-state index < -0.39 is 16.9 Å². The van der Waals surface area contributed by atoms with Gasteiger partial charge in [0.2, 0.25) is 0 Å². The molecule has 1 fully saturated rings. The number of rotatable bonds is 4. The fourth-order valence-electron chi connectivity index (χ4n) is 1.77.